The Hall–Kier alpha value is -1.95. The highest BCUT2D eigenvalue weighted by atomic mass is 35.5. The first-order chi connectivity index (χ1) is 9.74. The van der Waals surface area contributed by atoms with E-state index in [9.17, 15) is 0 Å². The van der Waals surface area contributed by atoms with Crippen molar-refractivity contribution in [3.63, 3.8) is 0 Å². The molecule has 0 bridgehead atoms. The van der Waals surface area contributed by atoms with Gasteiger partial charge < -0.3 is 9.80 Å². The van der Waals surface area contributed by atoms with Gasteiger partial charge in [0.25, 0.3) is 0 Å². The van der Waals surface area contributed by atoms with Crippen LogP contribution >= 0.6 is 11.6 Å². The molecule has 0 N–H and O–H groups in total. The van der Waals surface area contributed by atoms with E-state index in [4.69, 9.17) is 11.6 Å². The molecule has 0 saturated carbocycles. The largest absolute Gasteiger partial charge is 0.352 e. The molecule has 0 atom stereocenters. The number of piperazine rings is 1. The Labute approximate surface area is 122 Å². The van der Waals surface area contributed by atoms with Crippen molar-refractivity contribution in [1.82, 2.24) is 19.9 Å². The number of halogens is 1. The molecular formula is C13H15ClN6. The summed E-state index contributed by atoms with van der Waals surface area (Å²) < 4.78 is 0. The van der Waals surface area contributed by atoms with Crippen LogP contribution in [0.25, 0.3) is 0 Å². The standard InChI is InChI=1S/C13H15ClN6/c1-10-12(16-3-2-15-10)19-4-6-20(7-5-19)13-17-8-11(14)9-18-13/h2-3,8-9H,4-7H2,1H3. The van der Waals surface area contributed by atoms with Crippen molar-refractivity contribution in [2.24, 2.45) is 0 Å². The molecule has 0 amide bonds. The Bertz CT molecular complexity index is 580. The van der Waals surface area contributed by atoms with E-state index in [2.05, 4.69) is 29.7 Å². The van der Waals surface area contributed by atoms with E-state index in [1.165, 1.54) is 0 Å². The van der Waals surface area contributed by atoms with Gasteiger partial charge in [-0.25, -0.2) is 15.0 Å². The summed E-state index contributed by atoms with van der Waals surface area (Å²) in [5.41, 5.74) is 0.962. The van der Waals surface area contributed by atoms with Gasteiger partial charge in [-0.2, -0.15) is 0 Å². The van der Waals surface area contributed by atoms with Gasteiger partial charge in [-0.05, 0) is 6.92 Å². The highest BCUT2D eigenvalue weighted by molar-refractivity contribution is 6.30. The molecule has 1 aliphatic rings. The van der Waals surface area contributed by atoms with Crippen molar-refractivity contribution in [3.8, 4) is 0 Å². The van der Waals surface area contributed by atoms with Crippen LogP contribution in [0.4, 0.5) is 11.8 Å². The zero-order valence-corrected chi connectivity index (χ0v) is 12.0. The Kier molecular flexibility index (Phi) is 3.64. The Morgan fingerprint density at radius 3 is 2.15 bits per heavy atom. The van der Waals surface area contributed by atoms with Crippen LogP contribution in [0.3, 0.4) is 0 Å². The number of nitrogens with zero attached hydrogens (tertiary/aromatic N) is 6. The summed E-state index contributed by atoms with van der Waals surface area (Å²) in [5.74, 6) is 1.69. The molecule has 104 valence electrons. The molecule has 6 nitrogen and oxygen atoms in total. The van der Waals surface area contributed by atoms with Gasteiger partial charge >= 0.3 is 0 Å². The second-order valence-corrected chi connectivity index (χ2v) is 5.08. The summed E-state index contributed by atoms with van der Waals surface area (Å²) in [6, 6.07) is 0. The minimum atomic E-state index is 0.558. The van der Waals surface area contributed by atoms with E-state index < -0.39 is 0 Å². The molecule has 1 fully saturated rings. The van der Waals surface area contributed by atoms with Crippen molar-refractivity contribution >= 4 is 23.4 Å². The summed E-state index contributed by atoms with van der Waals surface area (Å²) >= 11 is 5.80. The summed E-state index contributed by atoms with van der Waals surface area (Å²) in [6.45, 7) is 5.46. The van der Waals surface area contributed by atoms with Crippen molar-refractivity contribution in [1.29, 1.82) is 0 Å². The molecule has 0 aliphatic carbocycles. The number of aryl methyl sites for hydroxylation is 1. The van der Waals surface area contributed by atoms with Gasteiger partial charge in [0.2, 0.25) is 5.95 Å². The molecule has 0 aromatic carbocycles. The second-order valence-electron chi connectivity index (χ2n) is 4.64. The van der Waals surface area contributed by atoms with E-state index in [1.54, 1.807) is 24.8 Å². The maximum atomic E-state index is 5.80. The van der Waals surface area contributed by atoms with Crippen LogP contribution in [-0.2, 0) is 0 Å². The molecule has 1 saturated heterocycles. The van der Waals surface area contributed by atoms with Crippen LogP contribution in [-0.4, -0.2) is 46.1 Å². The minimum Gasteiger partial charge on any atom is -0.352 e. The zero-order chi connectivity index (χ0) is 13.9. The molecule has 0 radical (unpaired) electrons. The third-order valence-electron chi connectivity index (χ3n) is 3.32. The lowest BCUT2D eigenvalue weighted by Crippen LogP contribution is -2.47. The fraction of sp³-hybridized carbons (Fsp3) is 0.385. The molecule has 3 rings (SSSR count). The molecular weight excluding hydrogens is 276 g/mol. The smallest absolute Gasteiger partial charge is 0.225 e. The van der Waals surface area contributed by atoms with Crippen LogP contribution in [0.2, 0.25) is 5.02 Å². The lowest BCUT2D eigenvalue weighted by atomic mass is 10.3. The van der Waals surface area contributed by atoms with Crippen molar-refractivity contribution < 1.29 is 0 Å². The summed E-state index contributed by atoms with van der Waals surface area (Å²) in [4.78, 5) is 21.6. The van der Waals surface area contributed by atoms with Crippen LogP contribution in [0.1, 0.15) is 5.69 Å². The van der Waals surface area contributed by atoms with E-state index in [1.807, 2.05) is 6.92 Å². The average Bonchev–Trinajstić information content (AvgIpc) is 2.49. The third kappa shape index (κ3) is 2.65. The number of rotatable bonds is 2. The monoisotopic (exact) mass is 290 g/mol. The van der Waals surface area contributed by atoms with Crippen LogP contribution < -0.4 is 9.80 Å². The fourth-order valence-electron chi connectivity index (χ4n) is 2.30. The summed E-state index contributed by atoms with van der Waals surface area (Å²) in [6.07, 6.45) is 6.71. The lowest BCUT2D eigenvalue weighted by Gasteiger charge is -2.35. The predicted octanol–water partition coefficient (Wildman–Crippen LogP) is 1.56. The molecule has 7 heteroatoms. The van der Waals surface area contributed by atoms with Crippen molar-refractivity contribution in [2.75, 3.05) is 36.0 Å². The maximum Gasteiger partial charge on any atom is 0.225 e. The molecule has 0 unspecified atom stereocenters. The normalized spacial score (nSPS) is 15.5. The van der Waals surface area contributed by atoms with E-state index in [-0.39, 0.29) is 0 Å². The van der Waals surface area contributed by atoms with E-state index >= 15 is 0 Å². The van der Waals surface area contributed by atoms with Gasteiger partial charge in [0, 0.05) is 38.6 Å². The fourth-order valence-corrected chi connectivity index (χ4v) is 2.40. The SMILES string of the molecule is Cc1nccnc1N1CCN(c2ncc(Cl)cn2)CC1. The number of anilines is 2. The van der Waals surface area contributed by atoms with Gasteiger partial charge in [-0.15, -0.1) is 0 Å². The Balaban J connectivity index is 1.68. The van der Waals surface area contributed by atoms with Crippen molar-refractivity contribution in [3.05, 3.63) is 35.5 Å². The topological polar surface area (TPSA) is 58.0 Å². The van der Waals surface area contributed by atoms with Gasteiger partial charge in [-0.1, -0.05) is 11.6 Å². The first-order valence-corrected chi connectivity index (χ1v) is 6.87. The lowest BCUT2D eigenvalue weighted by molar-refractivity contribution is 0.632. The van der Waals surface area contributed by atoms with Crippen LogP contribution in [0.5, 0.6) is 0 Å². The molecule has 2 aromatic heterocycles. The highest BCUT2D eigenvalue weighted by Crippen LogP contribution is 2.18. The average molecular weight is 291 g/mol. The number of hydrogen-bond acceptors (Lipinski definition) is 6. The Morgan fingerprint density at radius 2 is 1.50 bits per heavy atom. The quantitative estimate of drug-likeness (QED) is 0.836. The van der Waals surface area contributed by atoms with E-state index in [0.717, 1.165) is 43.6 Å². The van der Waals surface area contributed by atoms with Gasteiger partial charge in [-0.3, -0.25) is 4.98 Å². The third-order valence-corrected chi connectivity index (χ3v) is 3.52. The summed E-state index contributed by atoms with van der Waals surface area (Å²) in [7, 11) is 0. The molecule has 3 heterocycles. The molecule has 1 aliphatic heterocycles. The number of aromatic nitrogens is 4. The second kappa shape index (κ2) is 5.58. The zero-order valence-electron chi connectivity index (χ0n) is 11.2. The molecule has 2 aromatic rings. The molecule has 20 heavy (non-hydrogen) atoms. The molecule has 0 spiro atoms. The first-order valence-electron chi connectivity index (χ1n) is 6.49. The minimum absolute atomic E-state index is 0.558. The first kappa shape index (κ1) is 13.1. The highest BCUT2D eigenvalue weighted by Gasteiger charge is 2.21. The van der Waals surface area contributed by atoms with Crippen LogP contribution in [0, 0.1) is 6.92 Å². The van der Waals surface area contributed by atoms with Gasteiger partial charge in [0.15, 0.2) is 0 Å². The maximum absolute atomic E-state index is 5.80. The Morgan fingerprint density at radius 1 is 0.900 bits per heavy atom. The van der Waals surface area contributed by atoms with Crippen LogP contribution in [0.15, 0.2) is 24.8 Å². The van der Waals surface area contributed by atoms with E-state index in [0.29, 0.717) is 5.02 Å². The van der Waals surface area contributed by atoms with Gasteiger partial charge in [0.05, 0.1) is 23.1 Å². The van der Waals surface area contributed by atoms with Crippen molar-refractivity contribution in [2.45, 2.75) is 6.92 Å². The number of hydrogen-bond donors (Lipinski definition) is 0. The predicted molar refractivity (Wildman–Crippen MR) is 78.2 cm³/mol. The van der Waals surface area contributed by atoms with Gasteiger partial charge in [0.1, 0.15) is 5.82 Å². The summed E-state index contributed by atoms with van der Waals surface area (Å²) in [5, 5.41) is 0.558.